The van der Waals surface area contributed by atoms with Crippen molar-refractivity contribution in [2.24, 2.45) is 0 Å². The Kier molecular flexibility index (Phi) is 6.36. The van der Waals surface area contributed by atoms with Gasteiger partial charge in [-0.2, -0.15) is 0 Å². The number of nitrogens with one attached hydrogen (secondary N) is 1. The number of aryl methyl sites for hydroxylation is 1. The minimum absolute atomic E-state index is 0.168. The molecule has 0 atom stereocenters. The van der Waals surface area contributed by atoms with Crippen molar-refractivity contribution in [3.05, 3.63) is 59.7 Å². The van der Waals surface area contributed by atoms with E-state index in [4.69, 9.17) is 9.84 Å². The maximum absolute atomic E-state index is 12.1. The Labute approximate surface area is 152 Å². The van der Waals surface area contributed by atoms with Gasteiger partial charge in [-0.05, 0) is 56.2 Å². The molecular formula is C20H23NO5. The van der Waals surface area contributed by atoms with Crippen molar-refractivity contribution in [1.82, 2.24) is 0 Å². The first kappa shape index (κ1) is 19.5. The molecule has 0 spiro atoms. The lowest BCUT2D eigenvalue weighted by Crippen LogP contribution is -2.27. The van der Waals surface area contributed by atoms with Crippen LogP contribution < -0.4 is 10.1 Å². The van der Waals surface area contributed by atoms with Gasteiger partial charge < -0.3 is 20.3 Å². The highest BCUT2D eigenvalue weighted by Crippen LogP contribution is 2.18. The topological polar surface area (TPSA) is 95.9 Å². The van der Waals surface area contributed by atoms with Gasteiger partial charge in [0.1, 0.15) is 12.4 Å². The molecule has 0 bridgehead atoms. The van der Waals surface area contributed by atoms with E-state index in [1.807, 2.05) is 0 Å². The fraction of sp³-hybridized carbons (Fsp3) is 0.300. The summed E-state index contributed by atoms with van der Waals surface area (Å²) in [5.41, 5.74) is 0.551. The molecule has 3 N–H and O–H groups in total. The number of rotatable bonds is 8. The van der Waals surface area contributed by atoms with E-state index >= 15 is 0 Å². The van der Waals surface area contributed by atoms with Gasteiger partial charge in [0.25, 0.3) is 0 Å². The lowest BCUT2D eigenvalue weighted by Gasteiger charge is -2.17. The SMILES string of the molecule is CC(C)(O)COc1ccc(NC(=O)CCc2ccccc2C(=O)O)cc1. The maximum Gasteiger partial charge on any atom is 0.335 e. The molecule has 0 heterocycles. The number of aromatic carboxylic acids is 1. The lowest BCUT2D eigenvalue weighted by atomic mass is 10.0. The van der Waals surface area contributed by atoms with E-state index in [9.17, 15) is 14.7 Å². The summed E-state index contributed by atoms with van der Waals surface area (Å²) in [6, 6.07) is 13.5. The second-order valence-corrected chi connectivity index (χ2v) is 6.64. The van der Waals surface area contributed by atoms with Crippen LogP contribution in [0, 0.1) is 0 Å². The van der Waals surface area contributed by atoms with Crippen LogP contribution in [0.2, 0.25) is 0 Å². The molecule has 0 aliphatic heterocycles. The zero-order valence-corrected chi connectivity index (χ0v) is 14.9. The smallest absolute Gasteiger partial charge is 0.335 e. The number of benzene rings is 2. The third-order valence-electron chi connectivity index (χ3n) is 3.60. The number of hydrogen-bond donors (Lipinski definition) is 3. The molecule has 26 heavy (non-hydrogen) atoms. The lowest BCUT2D eigenvalue weighted by molar-refractivity contribution is -0.116. The van der Waals surface area contributed by atoms with Crippen molar-refractivity contribution in [1.29, 1.82) is 0 Å². The number of carbonyl (C=O) groups excluding carboxylic acids is 1. The van der Waals surface area contributed by atoms with E-state index in [1.54, 1.807) is 56.3 Å². The molecule has 6 heteroatoms. The van der Waals surface area contributed by atoms with Gasteiger partial charge in [-0.3, -0.25) is 4.79 Å². The van der Waals surface area contributed by atoms with Crippen molar-refractivity contribution in [2.75, 3.05) is 11.9 Å². The summed E-state index contributed by atoms with van der Waals surface area (Å²) in [6.07, 6.45) is 0.530. The van der Waals surface area contributed by atoms with Crippen LogP contribution in [0.1, 0.15) is 36.2 Å². The molecule has 138 valence electrons. The van der Waals surface area contributed by atoms with E-state index in [-0.39, 0.29) is 24.5 Å². The van der Waals surface area contributed by atoms with Gasteiger partial charge in [0.2, 0.25) is 5.91 Å². The van der Waals surface area contributed by atoms with E-state index in [0.717, 1.165) is 0 Å². The molecule has 2 aromatic carbocycles. The van der Waals surface area contributed by atoms with Crippen LogP contribution in [0.5, 0.6) is 5.75 Å². The van der Waals surface area contributed by atoms with Crippen LogP contribution in [0.4, 0.5) is 5.69 Å². The van der Waals surface area contributed by atoms with Crippen molar-refractivity contribution < 1.29 is 24.5 Å². The third kappa shape index (κ3) is 6.22. The molecule has 0 unspecified atom stereocenters. The summed E-state index contributed by atoms with van der Waals surface area (Å²) >= 11 is 0. The van der Waals surface area contributed by atoms with Crippen LogP contribution in [0.25, 0.3) is 0 Å². The van der Waals surface area contributed by atoms with Gasteiger partial charge in [0.15, 0.2) is 0 Å². The molecule has 1 amide bonds. The molecule has 0 aromatic heterocycles. The Morgan fingerprint density at radius 3 is 2.35 bits per heavy atom. The zero-order valence-electron chi connectivity index (χ0n) is 14.9. The van der Waals surface area contributed by atoms with Gasteiger partial charge in [-0.15, -0.1) is 0 Å². The van der Waals surface area contributed by atoms with Crippen LogP contribution in [-0.2, 0) is 11.2 Å². The predicted molar refractivity (Wildman–Crippen MR) is 98.6 cm³/mol. The highest BCUT2D eigenvalue weighted by molar-refractivity contribution is 5.92. The molecule has 0 aliphatic carbocycles. The molecule has 0 fully saturated rings. The molecule has 6 nitrogen and oxygen atoms in total. The van der Waals surface area contributed by atoms with Crippen molar-refractivity contribution in [3.8, 4) is 5.75 Å². The Morgan fingerprint density at radius 1 is 1.08 bits per heavy atom. The third-order valence-corrected chi connectivity index (χ3v) is 3.60. The predicted octanol–water partition coefficient (Wildman–Crippen LogP) is 3.11. The minimum atomic E-state index is -0.998. The van der Waals surface area contributed by atoms with Crippen molar-refractivity contribution in [3.63, 3.8) is 0 Å². The Balaban J connectivity index is 1.87. The summed E-state index contributed by atoms with van der Waals surface area (Å²) in [4.78, 5) is 23.3. The Morgan fingerprint density at radius 2 is 1.73 bits per heavy atom. The second-order valence-electron chi connectivity index (χ2n) is 6.64. The molecule has 2 aromatic rings. The van der Waals surface area contributed by atoms with E-state index < -0.39 is 11.6 Å². The summed E-state index contributed by atoms with van der Waals surface area (Å²) in [5, 5.41) is 21.6. The maximum atomic E-state index is 12.1. The van der Waals surface area contributed by atoms with E-state index in [2.05, 4.69) is 5.32 Å². The van der Waals surface area contributed by atoms with Crippen molar-refractivity contribution in [2.45, 2.75) is 32.3 Å². The Hall–Kier alpha value is -2.86. The number of amides is 1. The highest BCUT2D eigenvalue weighted by atomic mass is 16.5. The summed E-state index contributed by atoms with van der Waals surface area (Å²) in [5.74, 6) is -0.599. The van der Waals surface area contributed by atoms with Crippen LogP contribution in [-0.4, -0.2) is 34.3 Å². The first-order valence-electron chi connectivity index (χ1n) is 8.31. The number of hydrogen-bond acceptors (Lipinski definition) is 4. The van der Waals surface area contributed by atoms with E-state index in [1.165, 1.54) is 6.07 Å². The number of carboxylic acids is 1. The number of carboxylic acid groups (broad SMARTS) is 1. The number of aliphatic hydroxyl groups is 1. The van der Waals surface area contributed by atoms with Gasteiger partial charge in [0.05, 0.1) is 11.2 Å². The van der Waals surface area contributed by atoms with Crippen LogP contribution >= 0.6 is 0 Å². The monoisotopic (exact) mass is 357 g/mol. The largest absolute Gasteiger partial charge is 0.491 e. The fourth-order valence-corrected chi connectivity index (χ4v) is 2.31. The first-order chi connectivity index (χ1) is 12.2. The number of ether oxygens (including phenoxy) is 1. The van der Waals surface area contributed by atoms with Gasteiger partial charge in [-0.1, -0.05) is 18.2 Å². The molecular weight excluding hydrogens is 334 g/mol. The van der Waals surface area contributed by atoms with Crippen LogP contribution in [0.15, 0.2) is 48.5 Å². The second kappa shape index (κ2) is 8.49. The summed E-state index contributed by atoms with van der Waals surface area (Å²) in [7, 11) is 0. The number of carbonyl (C=O) groups is 2. The molecule has 0 aliphatic rings. The molecule has 0 saturated heterocycles. The molecule has 0 radical (unpaired) electrons. The average molecular weight is 357 g/mol. The quantitative estimate of drug-likeness (QED) is 0.675. The minimum Gasteiger partial charge on any atom is -0.491 e. The Bertz CT molecular complexity index is 763. The highest BCUT2D eigenvalue weighted by Gasteiger charge is 2.13. The van der Waals surface area contributed by atoms with Gasteiger partial charge >= 0.3 is 5.97 Å². The van der Waals surface area contributed by atoms with Crippen LogP contribution in [0.3, 0.4) is 0 Å². The molecule has 2 rings (SSSR count). The standard InChI is InChI=1S/C20H23NO5/c1-20(2,25)13-26-16-10-8-15(9-11-16)21-18(22)12-7-14-5-3-4-6-17(14)19(23)24/h3-6,8-11,25H,7,12-13H2,1-2H3,(H,21,22)(H,23,24). The van der Waals surface area contributed by atoms with E-state index in [0.29, 0.717) is 23.4 Å². The summed E-state index contributed by atoms with van der Waals surface area (Å²) in [6.45, 7) is 3.48. The average Bonchev–Trinajstić information content (AvgIpc) is 2.59. The van der Waals surface area contributed by atoms with Crippen molar-refractivity contribution >= 4 is 17.6 Å². The summed E-state index contributed by atoms with van der Waals surface area (Å²) < 4.78 is 5.45. The molecule has 0 saturated carbocycles. The fourth-order valence-electron chi connectivity index (χ4n) is 2.31. The normalized spacial score (nSPS) is 11.0. The zero-order chi connectivity index (χ0) is 19.2. The number of anilines is 1. The first-order valence-corrected chi connectivity index (χ1v) is 8.31. The van der Waals surface area contributed by atoms with Gasteiger partial charge in [0, 0.05) is 12.1 Å². The van der Waals surface area contributed by atoms with Gasteiger partial charge in [-0.25, -0.2) is 4.79 Å².